The van der Waals surface area contributed by atoms with Gasteiger partial charge in [0.25, 0.3) is 0 Å². The van der Waals surface area contributed by atoms with Crippen LogP contribution in [0.25, 0.3) is 0 Å². The molecule has 0 aliphatic carbocycles. The number of hydrogen-bond acceptors (Lipinski definition) is 4. The van der Waals surface area contributed by atoms with Crippen LogP contribution in [0.15, 0.2) is 48.5 Å². The Morgan fingerprint density at radius 2 is 1.53 bits per heavy atom. The highest BCUT2D eigenvalue weighted by atomic mass is 16.5. The molecule has 0 radical (unpaired) electrons. The second kappa shape index (κ2) is 14.1. The first kappa shape index (κ1) is 25.2. The number of benzene rings is 2. The number of ether oxygens (including phenoxy) is 1. The number of hydrogen-bond donors (Lipinski definition) is 2. The molecule has 6 heteroatoms. The van der Waals surface area contributed by atoms with Crippen molar-refractivity contribution in [1.82, 2.24) is 4.90 Å². The van der Waals surface area contributed by atoms with Crippen molar-refractivity contribution < 1.29 is 14.3 Å². The molecule has 0 atom stereocenters. The molecule has 2 aromatic rings. The molecular weight excluding hydrogens is 402 g/mol. The monoisotopic (exact) mass is 439 g/mol. The Hall–Kier alpha value is -3.02. The van der Waals surface area contributed by atoms with Gasteiger partial charge in [-0.2, -0.15) is 0 Å². The van der Waals surface area contributed by atoms with Crippen LogP contribution in [0.3, 0.4) is 0 Å². The molecule has 0 spiro atoms. The van der Waals surface area contributed by atoms with Gasteiger partial charge in [0.1, 0.15) is 5.75 Å². The third-order valence-electron chi connectivity index (χ3n) is 5.19. The lowest BCUT2D eigenvalue weighted by atomic mass is 10.1. The zero-order valence-corrected chi connectivity index (χ0v) is 19.7. The number of anilines is 2. The largest absolute Gasteiger partial charge is 0.494 e. The van der Waals surface area contributed by atoms with E-state index < -0.39 is 0 Å². The van der Waals surface area contributed by atoms with Gasteiger partial charge in [-0.15, -0.1) is 0 Å². The van der Waals surface area contributed by atoms with E-state index in [4.69, 9.17) is 4.74 Å². The molecule has 0 heterocycles. The first-order valence-corrected chi connectivity index (χ1v) is 11.5. The fourth-order valence-corrected chi connectivity index (χ4v) is 3.18. The SMILES string of the molecule is CCCCCCCOc1ccc(NCC(=O)Nc2ccc(CCC(=O)N(C)C)cc2)cc1. The summed E-state index contributed by atoms with van der Waals surface area (Å²) in [4.78, 5) is 25.5. The summed E-state index contributed by atoms with van der Waals surface area (Å²) in [6.45, 7) is 3.13. The second-order valence-electron chi connectivity index (χ2n) is 8.17. The van der Waals surface area contributed by atoms with E-state index in [0.29, 0.717) is 12.8 Å². The zero-order chi connectivity index (χ0) is 23.2. The van der Waals surface area contributed by atoms with E-state index in [9.17, 15) is 9.59 Å². The number of rotatable bonds is 14. The van der Waals surface area contributed by atoms with Crippen LogP contribution in [0.1, 0.15) is 51.0 Å². The van der Waals surface area contributed by atoms with Gasteiger partial charge in [0.15, 0.2) is 0 Å². The highest BCUT2D eigenvalue weighted by Crippen LogP contribution is 2.16. The summed E-state index contributed by atoms with van der Waals surface area (Å²) in [5, 5.41) is 6.01. The number of carbonyl (C=O) groups is 2. The molecule has 2 rings (SSSR count). The standard InChI is InChI=1S/C26H37N3O3/c1-4-5-6-7-8-19-32-24-16-14-22(15-17-24)27-20-25(30)28-23-12-9-21(10-13-23)11-18-26(31)29(2)3/h9-10,12-17,27H,4-8,11,18-20H2,1-3H3,(H,28,30). The van der Waals surface area contributed by atoms with Gasteiger partial charge in [0.2, 0.25) is 11.8 Å². The Morgan fingerprint density at radius 3 is 2.19 bits per heavy atom. The Balaban J connectivity index is 1.67. The fourth-order valence-electron chi connectivity index (χ4n) is 3.18. The molecule has 2 aromatic carbocycles. The molecule has 6 nitrogen and oxygen atoms in total. The van der Waals surface area contributed by atoms with Crippen LogP contribution in [0, 0.1) is 0 Å². The molecule has 2 N–H and O–H groups in total. The summed E-state index contributed by atoms with van der Waals surface area (Å²) < 4.78 is 5.77. The smallest absolute Gasteiger partial charge is 0.243 e. The van der Waals surface area contributed by atoms with E-state index in [0.717, 1.165) is 35.7 Å². The van der Waals surface area contributed by atoms with E-state index in [1.807, 2.05) is 48.5 Å². The van der Waals surface area contributed by atoms with E-state index in [1.165, 1.54) is 25.7 Å². The molecule has 174 valence electrons. The highest BCUT2D eigenvalue weighted by molar-refractivity contribution is 5.93. The van der Waals surface area contributed by atoms with Gasteiger partial charge in [-0.25, -0.2) is 0 Å². The average molecular weight is 440 g/mol. The lowest BCUT2D eigenvalue weighted by Crippen LogP contribution is -2.22. The quantitative estimate of drug-likeness (QED) is 0.402. The summed E-state index contributed by atoms with van der Waals surface area (Å²) in [7, 11) is 3.52. The molecule has 0 fully saturated rings. The van der Waals surface area contributed by atoms with E-state index >= 15 is 0 Å². The van der Waals surface area contributed by atoms with Crippen molar-refractivity contribution in [2.45, 2.75) is 51.9 Å². The average Bonchev–Trinajstić information content (AvgIpc) is 2.80. The number of aryl methyl sites for hydroxylation is 1. The fraction of sp³-hybridized carbons (Fsp3) is 0.462. The normalized spacial score (nSPS) is 10.5. The number of carbonyl (C=O) groups excluding carboxylic acids is 2. The Labute approximate surface area is 192 Å². The van der Waals surface area contributed by atoms with Crippen LogP contribution in [-0.2, 0) is 16.0 Å². The maximum atomic E-state index is 12.2. The summed E-state index contributed by atoms with van der Waals surface area (Å²) in [6, 6.07) is 15.3. The number of nitrogens with zero attached hydrogens (tertiary/aromatic N) is 1. The molecule has 0 bridgehead atoms. The number of amides is 2. The summed E-state index contributed by atoms with van der Waals surface area (Å²) in [5.41, 5.74) is 2.68. The predicted molar refractivity (Wildman–Crippen MR) is 131 cm³/mol. The van der Waals surface area contributed by atoms with Crippen LogP contribution in [-0.4, -0.2) is 44.0 Å². The van der Waals surface area contributed by atoms with Gasteiger partial charge in [-0.05, 0) is 54.8 Å². The first-order chi connectivity index (χ1) is 15.5. The summed E-state index contributed by atoms with van der Waals surface area (Å²) >= 11 is 0. The minimum Gasteiger partial charge on any atom is -0.494 e. The minimum atomic E-state index is -0.118. The summed E-state index contributed by atoms with van der Waals surface area (Å²) in [6.07, 6.45) is 7.26. The lowest BCUT2D eigenvalue weighted by molar-refractivity contribution is -0.128. The van der Waals surface area contributed by atoms with Gasteiger partial charge >= 0.3 is 0 Å². The van der Waals surface area contributed by atoms with Crippen LogP contribution in [0.5, 0.6) is 5.75 Å². The third kappa shape index (κ3) is 9.86. The maximum Gasteiger partial charge on any atom is 0.243 e. The van der Waals surface area contributed by atoms with Gasteiger partial charge < -0.3 is 20.3 Å². The molecular formula is C26H37N3O3. The molecule has 2 amide bonds. The van der Waals surface area contributed by atoms with Gasteiger partial charge in [0.05, 0.1) is 13.2 Å². The van der Waals surface area contributed by atoms with E-state index in [2.05, 4.69) is 17.6 Å². The third-order valence-corrected chi connectivity index (χ3v) is 5.19. The number of unbranched alkanes of at least 4 members (excludes halogenated alkanes) is 4. The van der Waals surface area contributed by atoms with Crippen LogP contribution >= 0.6 is 0 Å². The summed E-state index contributed by atoms with van der Waals surface area (Å²) in [5.74, 6) is 0.839. The molecule has 0 saturated carbocycles. The van der Waals surface area contributed by atoms with Gasteiger partial charge in [0, 0.05) is 31.9 Å². The van der Waals surface area contributed by atoms with Crippen molar-refractivity contribution >= 4 is 23.2 Å². The van der Waals surface area contributed by atoms with Crippen LogP contribution in [0.4, 0.5) is 11.4 Å². The van der Waals surface area contributed by atoms with Crippen molar-refractivity contribution in [2.75, 3.05) is 37.9 Å². The Morgan fingerprint density at radius 1 is 0.875 bits per heavy atom. The molecule has 0 aromatic heterocycles. The molecule has 0 unspecified atom stereocenters. The first-order valence-electron chi connectivity index (χ1n) is 11.5. The number of nitrogens with one attached hydrogen (secondary N) is 2. The van der Waals surface area contributed by atoms with Crippen molar-refractivity contribution in [3.05, 3.63) is 54.1 Å². The minimum absolute atomic E-state index is 0.107. The van der Waals surface area contributed by atoms with E-state index in [-0.39, 0.29) is 18.4 Å². The predicted octanol–water partition coefficient (Wildman–Crippen LogP) is 5.11. The highest BCUT2D eigenvalue weighted by Gasteiger charge is 2.06. The van der Waals surface area contributed by atoms with Crippen LogP contribution < -0.4 is 15.4 Å². The molecule has 32 heavy (non-hydrogen) atoms. The second-order valence-corrected chi connectivity index (χ2v) is 8.17. The van der Waals surface area contributed by atoms with Crippen molar-refractivity contribution in [2.24, 2.45) is 0 Å². The van der Waals surface area contributed by atoms with Crippen molar-refractivity contribution in [3.63, 3.8) is 0 Å². The van der Waals surface area contributed by atoms with Gasteiger partial charge in [-0.1, -0.05) is 44.7 Å². The lowest BCUT2D eigenvalue weighted by Gasteiger charge is -2.11. The van der Waals surface area contributed by atoms with E-state index in [1.54, 1.807) is 19.0 Å². The maximum absolute atomic E-state index is 12.2. The van der Waals surface area contributed by atoms with Crippen LogP contribution in [0.2, 0.25) is 0 Å². The zero-order valence-electron chi connectivity index (χ0n) is 19.7. The molecule has 0 saturated heterocycles. The van der Waals surface area contributed by atoms with Gasteiger partial charge in [-0.3, -0.25) is 9.59 Å². The Kier molecular flexibility index (Phi) is 11.1. The molecule has 0 aliphatic rings. The topological polar surface area (TPSA) is 70.7 Å². The Bertz CT molecular complexity index is 817. The van der Waals surface area contributed by atoms with Crippen molar-refractivity contribution in [1.29, 1.82) is 0 Å². The van der Waals surface area contributed by atoms with Crippen molar-refractivity contribution in [3.8, 4) is 5.75 Å². The molecule has 0 aliphatic heterocycles.